The summed E-state index contributed by atoms with van der Waals surface area (Å²) in [5.74, 6) is 0.104. The zero-order chi connectivity index (χ0) is 14.7. The molecule has 1 aromatic carbocycles. The Morgan fingerprint density at radius 3 is 2.90 bits per heavy atom. The van der Waals surface area contributed by atoms with Gasteiger partial charge < -0.3 is 15.2 Å². The number of carbonyl (C=O) groups is 1. The minimum Gasteiger partial charge on any atom is -0.326 e. The fourth-order valence-electron chi connectivity index (χ4n) is 2.64. The molecule has 1 fully saturated rings. The molecule has 0 radical (unpaired) electrons. The summed E-state index contributed by atoms with van der Waals surface area (Å²) in [5, 5.41) is 6.35. The number of aromatic nitrogens is 2. The molecule has 1 saturated heterocycles. The van der Waals surface area contributed by atoms with E-state index in [0.29, 0.717) is 0 Å². The summed E-state index contributed by atoms with van der Waals surface area (Å²) < 4.78 is 1.92. The third kappa shape index (κ3) is 2.97. The van der Waals surface area contributed by atoms with Crippen molar-refractivity contribution >= 4 is 11.6 Å². The van der Waals surface area contributed by atoms with E-state index in [2.05, 4.69) is 15.6 Å². The monoisotopic (exact) mass is 284 g/mol. The first-order valence-electron chi connectivity index (χ1n) is 7.28. The van der Waals surface area contributed by atoms with Crippen LogP contribution in [0, 0.1) is 5.41 Å². The van der Waals surface area contributed by atoms with Gasteiger partial charge in [0.05, 0.1) is 6.33 Å². The fraction of sp³-hybridized carbons (Fsp3) is 0.375. The van der Waals surface area contributed by atoms with Crippen LogP contribution < -0.4 is 10.6 Å². The smallest absolute Gasteiger partial charge is 0.230 e. The Bertz CT molecular complexity index is 615. The molecule has 0 unspecified atom stereocenters. The summed E-state index contributed by atoms with van der Waals surface area (Å²) in [6.07, 6.45) is 7.12. The molecule has 1 aromatic heterocycles. The van der Waals surface area contributed by atoms with Gasteiger partial charge in [-0.2, -0.15) is 0 Å². The van der Waals surface area contributed by atoms with Crippen LogP contribution in [0.25, 0.3) is 5.69 Å². The number of nitrogens with zero attached hydrogens (tertiary/aromatic N) is 2. The summed E-state index contributed by atoms with van der Waals surface area (Å²) in [6, 6.07) is 7.81. The highest BCUT2D eigenvalue weighted by Gasteiger charge is 2.34. The lowest BCUT2D eigenvalue weighted by molar-refractivity contribution is -0.126. The van der Waals surface area contributed by atoms with Crippen molar-refractivity contribution in [2.45, 2.75) is 19.8 Å². The highest BCUT2D eigenvalue weighted by atomic mass is 16.2. The lowest BCUT2D eigenvalue weighted by atomic mass is 9.80. The van der Waals surface area contributed by atoms with Gasteiger partial charge in [0.25, 0.3) is 0 Å². The zero-order valence-electron chi connectivity index (χ0n) is 12.2. The summed E-state index contributed by atoms with van der Waals surface area (Å²) in [4.78, 5) is 16.6. The Labute approximate surface area is 124 Å². The molecule has 0 atom stereocenters. The van der Waals surface area contributed by atoms with Crippen molar-refractivity contribution < 1.29 is 4.79 Å². The average molecular weight is 284 g/mol. The number of carbonyl (C=O) groups excluding carboxylic acids is 1. The molecule has 5 nitrogen and oxygen atoms in total. The number of rotatable bonds is 3. The molecule has 110 valence electrons. The molecule has 1 aliphatic heterocycles. The maximum atomic E-state index is 12.5. The van der Waals surface area contributed by atoms with E-state index in [-0.39, 0.29) is 11.3 Å². The third-order valence-electron chi connectivity index (χ3n) is 4.16. The summed E-state index contributed by atoms with van der Waals surface area (Å²) in [6.45, 7) is 3.85. The van der Waals surface area contributed by atoms with Crippen LogP contribution in [0.2, 0.25) is 0 Å². The number of imidazole rings is 1. The van der Waals surface area contributed by atoms with Gasteiger partial charge in [-0.25, -0.2) is 4.98 Å². The first-order chi connectivity index (χ1) is 10.2. The van der Waals surface area contributed by atoms with Crippen LogP contribution in [0.1, 0.15) is 19.8 Å². The molecule has 1 amide bonds. The van der Waals surface area contributed by atoms with E-state index in [1.165, 1.54) is 0 Å². The second-order valence-electron chi connectivity index (χ2n) is 5.79. The van der Waals surface area contributed by atoms with Gasteiger partial charge in [-0.3, -0.25) is 4.79 Å². The molecule has 1 aliphatic rings. The van der Waals surface area contributed by atoms with Crippen LogP contribution in [0.15, 0.2) is 43.0 Å². The number of anilines is 1. The molecule has 3 rings (SSSR count). The predicted molar refractivity (Wildman–Crippen MR) is 82.4 cm³/mol. The van der Waals surface area contributed by atoms with Gasteiger partial charge in [0.2, 0.25) is 5.91 Å². The van der Waals surface area contributed by atoms with Crippen LogP contribution in [-0.4, -0.2) is 28.5 Å². The standard InChI is InChI=1S/C16H20N4O/c1-16(5-7-17-8-6-16)15(21)19-13-3-2-4-14(11-13)20-10-9-18-12-20/h2-4,9-12,17H,5-8H2,1H3,(H,19,21). The number of amides is 1. The molecule has 2 aromatic rings. The normalized spacial score (nSPS) is 17.4. The van der Waals surface area contributed by atoms with Gasteiger partial charge in [-0.15, -0.1) is 0 Å². The SMILES string of the molecule is CC1(C(=O)Nc2cccc(-n3ccnc3)c2)CCNCC1. The molecule has 0 spiro atoms. The summed E-state index contributed by atoms with van der Waals surface area (Å²) in [7, 11) is 0. The predicted octanol–water partition coefficient (Wildman–Crippen LogP) is 2.20. The molecule has 2 N–H and O–H groups in total. The zero-order valence-corrected chi connectivity index (χ0v) is 12.2. The Morgan fingerprint density at radius 1 is 1.38 bits per heavy atom. The van der Waals surface area contributed by atoms with Crippen LogP contribution in [0.4, 0.5) is 5.69 Å². The van der Waals surface area contributed by atoms with Crippen LogP contribution in [-0.2, 0) is 4.79 Å². The molecule has 0 bridgehead atoms. The lowest BCUT2D eigenvalue weighted by Gasteiger charge is -2.32. The number of benzene rings is 1. The molecule has 0 saturated carbocycles. The van der Waals surface area contributed by atoms with Gasteiger partial charge in [-0.1, -0.05) is 13.0 Å². The van der Waals surface area contributed by atoms with E-state index >= 15 is 0 Å². The summed E-state index contributed by atoms with van der Waals surface area (Å²) in [5.41, 5.74) is 1.53. The Hall–Kier alpha value is -2.14. The molecule has 21 heavy (non-hydrogen) atoms. The first kappa shape index (κ1) is 13.8. The minimum atomic E-state index is -0.281. The quantitative estimate of drug-likeness (QED) is 0.908. The molecule has 5 heteroatoms. The number of nitrogens with one attached hydrogen (secondary N) is 2. The Morgan fingerprint density at radius 2 is 2.19 bits per heavy atom. The second-order valence-corrected chi connectivity index (χ2v) is 5.79. The average Bonchev–Trinajstić information content (AvgIpc) is 3.02. The minimum absolute atomic E-state index is 0.104. The highest BCUT2D eigenvalue weighted by molar-refractivity contribution is 5.95. The topological polar surface area (TPSA) is 59.0 Å². The van der Waals surface area contributed by atoms with Crippen molar-refractivity contribution in [3.8, 4) is 5.69 Å². The van der Waals surface area contributed by atoms with E-state index in [9.17, 15) is 4.79 Å². The third-order valence-corrected chi connectivity index (χ3v) is 4.16. The fourth-order valence-corrected chi connectivity index (χ4v) is 2.64. The lowest BCUT2D eigenvalue weighted by Crippen LogP contribution is -2.42. The highest BCUT2D eigenvalue weighted by Crippen LogP contribution is 2.29. The number of hydrogen-bond donors (Lipinski definition) is 2. The van der Waals surface area contributed by atoms with Crippen LogP contribution in [0.5, 0.6) is 0 Å². The van der Waals surface area contributed by atoms with Gasteiger partial charge in [0.15, 0.2) is 0 Å². The number of hydrogen-bond acceptors (Lipinski definition) is 3. The van der Waals surface area contributed by atoms with Crippen LogP contribution >= 0.6 is 0 Å². The second kappa shape index (κ2) is 5.69. The largest absolute Gasteiger partial charge is 0.326 e. The van der Waals surface area contributed by atoms with E-state index in [1.807, 2.05) is 42.0 Å². The van der Waals surface area contributed by atoms with E-state index in [1.54, 1.807) is 12.5 Å². The van der Waals surface area contributed by atoms with Gasteiger partial charge in [0.1, 0.15) is 0 Å². The first-order valence-corrected chi connectivity index (χ1v) is 7.28. The Balaban J connectivity index is 1.76. The van der Waals surface area contributed by atoms with E-state index in [4.69, 9.17) is 0 Å². The van der Waals surface area contributed by atoms with Gasteiger partial charge in [0, 0.05) is 29.2 Å². The van der Waals surface area contributed by atoms with E-state index < -0.39 is 0 Å². The van der Waals surface area contributed by atoms with Crippen molar-refractivity contribution in [3.63, 3.8) is 0 Å². The van der Waals surface area contributed by atoms with Crippen molar-refractivity contribution in [3.05, 3.63) is 43.0 Å². The van der Waals surface area contributed by atoms with E-state index in [0.717, 1.165) is 37.3 Å². The van der Waals surface area contributed by atoms with Gasteiger partial charge >= 0.3 is 0 Å². The molecular weight excluding hydrogens is 264 g/mol. The van der Waals surface area contributed by atoms with Crippen molar-refractivity contribution in [2.24, 2.45) is 5.41 Å². The Kier molecular flexibility index (Phi) is 3.75. The maximum absolute atomic E-state index is 12.5. The number of piperidine rings is 1. The molecular formula is C16H20N4O. The maximum Gasteiger partial charge on any atom is 0.230 e. The molecule has 0 aliphatic carbocycles. The van der Waals surface area contributed by atoms with Crippen LogP contribution in [0.3, 0.4) is 0 Å². The molecule has 2 heterocycles. The van der Waals surface area contributed by atoms with Crippen molar-refractivity contribution in [1.82, 2.24) is 14.9 Å². The van der Waals surface area contributed by atoms with Crippen molar-refractivity contribution in [2.75, 3.05) is 18.4 Å². The van der Waals surface area contributed by atoms with Crippen molar-refractivity contribution in [1.29, 1.82) is 0 Å². The van der Waals surface area contributed by atoms with Gasteiger partial charge in [-0.05, 0) is 44.1 Å². The summed E-state index contributed by atoms with van der Waals surface area (Å²) >= 11 is 0.